The summed E-state index contributed by atoms with van der Waals surface area (Å²) < 4.78 is 24.3. The molecule has 3 rings (SSSR count). The maximum atomic E-state index is 13.5. The Morgan fingerprint density at radius 2 is 1.84 bits per heavy atom. The van der Waals surface area contributed by atoms with Crippen molar-refractivity contribution in [1.29, 1.82) is 0 Å². The highest BCUT2D eigenvalue weighted by Gasteiger charge is 2.45. The van der Waals surface area contributed by atoms with Crippen LogP contribution in [0.1, 0.15) is 43.4 Å². The number of nitrogens with zero attached hydrogens (tertiary/aromatic N) is 1. The molecule has 2 aromatic rings. The largest absolute Gasteiger partial charge is 0.507 e. The highest BCUT2D eigenvalue weighted by atomic mass is 19.1. The average molecular weight is 441 g/mol. The Morgan fingerprint density at radius 3 is 2.53 bits per heavy atom. The fourth-order valence-electron chi connectivity index (χ4n) is 3.70. The topological polar surface area (TPSA) is 76.1 Å². The summed E-state index contributed by atoms with van der Waals surface area (Å²) in [6.07, 6.45) is 2.40. The van der Waals surface area contributed by atoms with Gasteiger partial charge in [0, 0.05) is 25.8 Å². The molecule has 1 heterocycles. The van der Waals surface area contributed by atoms with Crippen molar-refractivity contribution in [1.82, 2.24) is 4.90 Å². The lowest BCUT2D eigenvalue weighted by Gasteiger charge is -2.25. The van der Waals surface area contributed by atoms with E-state index in [0.717, 1.165) is 12.8 Å². The molecule has 1 amide bonds. The van der Waals surface area contributed by atoms with Crippen molar-refractivity contribution in [3.63, 3.8) is 0 Å². The first kappa shape index (κ1) is 23.5. The number of halogens is 1. The van der Waals surface area contributed by atoms with E-state index in [1.807, 2.05) is 0 Å². The molecule has 1 fully saturated rings. The van der Waals surface area contributed by atoms with Gasteiger partial charge in [-0.25, -0.2) is 4.39 Å². The number of aliphatic hydroxyl groups is 1. The smallest absolute Gasteiger partial charge is 0.295 e. The molecular weight excluding hydrogens is 413 g/mol. The monoisotopic (exact) mass is 441 g/mol. The second kappa shape index (κ2) is 10.9. The van der Waals surface area contributed by atoms with Gasteiger partial charge in [-0.15, -0.1) is 0 Å². The van der Waals surface area contributed by atoms with Crippen LogP contribution < -0.4 is 4.74 Å². The first-order valence-corrected chi connectivity index (χ1v) is 10.7. The van der Waals surface area contributed by atoms with Gasteiger partial charge < -0.3 is 19.5 Å². The molecule has 0 spiro atoms. The molecule has 2 aromatic carbocycles. The number of carbonyl (C=O) groups excluding carboxylic acids is 2. The maximum absolute atomic E-state index is 13.5. The number of likely N-dealkylation sites (tertiary alicyclic amines) is 1. The van der Waals surface area contributed by atoms with Gasteiger partial charge in [-0.05, 0) is 42.7 Å². The van der Waals surface area contributed by atoms with E-state index in [2.05, 4.69) is 6.92 Å². The van der Waals surface area contributed by atoms with Crippen LogP contribution in [0.25, 0.3) is 5.76 Å². The van der Waals surface area contributed by atoms with Gasteiger partial charge >= 0.3 is 0 Å². The summed E-state index contributed by atoms with van der Waals surface area (Å²) in [5.74, 6) is -1.62. The summed E-state index contributed by atoms with van der Waals surface area (Å²) in [6.45, 7) is 3.28. The predicted octanol–water partition coefficient (Wildman–Crippen LogP) is 4.46. The minimum atomic E-state index is -0.822. The van der Waals surface area contributed by atoms with Crippen LogP contribution >= 0.6 is 0 Å². The number of Topliss-reactive ketones (excluding diaryl/α,β-unsaturated/α-hetero) is 1. The molecule has 170 valence electrons. The number of hydrogen-bond acceptors (Lipinski definition) is 5. The molecule has 0 bridgehead atoms. The molecule has 1 unspecified atom stereocenters. The molecule has 1 N–H and O–H groups in total. The van der Waals surface area contributed by atoms with Gasteiger partial charge in [0.05, 0.1) is 18.2 Å². The Bertz CT molecular complexity index is 986. The lowest BCUT2D eigenvalue weighted by Crippen LogP contribution is -2.31. The van der Waals surface area contributed by atoms with Crippen molar-refractivity contribution < 1.29 is 28.6 Å². The number of unbranched alkanes of at least 4 members (excludes halogenated alkanes) is 1. The molecule has 0 aliphatic carbocycles. The minimum absolute atomic E-state index is 0.0234. The third-order valence-electron chi connectivity index (χ3n) is 5.35. The summed E-state index contributed by atoms with van der Waals surface area (Å²) >= 11 is 0. The van der Waals surface area contributed by atoms with Gasteiger partial charge in [0.2, 0.25) is 0 Å². The number of ether oxygens (including phenoxy) is 2. The van der Waals surface area contributed by atoms with E-state index in [9.17, 15) is 19.1 Å². The fourth-order valence-corrected chi connectivity index (χ4v) is 3.70. The molecule has 32 heavy (non-hydrogen) atoms. The number of carbonyl (C=O) groups is 2. The van der Waals surface area contributed by atoms with Crippen LogP contribution in [0.2, 0.25) is 0 Å². The Kier molecular flexibility index (Phi) is 8.00. The van der Waals surface area contributed by atoms with Gasteiger partial charge in [-0.3, -0.25) is 9.59 Å². The van der Waals surface area contributed by atoms with Crippen molar-refractivity contribution in [2.45, 2.75) is 32.2 Å². The first-order chi connectivity index (χ1) is 15.5. The van der Waals surface area contributed by atoms with E-state index in [1.54, 1.807) is 31.4 Å². The molecule has 0 radical (unpaired) electrons. The zero-order valence-corrected chi connectivity index (χ0v) is 18.3. The van der Waals surface area contributed by atoms with Crippen molar-refractivity contribution in [3.05, 3.63) is 71.0 Å². The van der Waals surface area contributed by atoms with Crippen LogP contribution in [0, 0.1) is 5.82 Å². The highest BCUT2D eigenvalue weighted by Crippen LogP contribution is 2.39. The summed E-state index contributed by atoms with van der Waals surface area (Å²) in [5, 5.41) is 11.1. The number of amides is 1. The summed E-state index contributed by atoms with van der Waals surface area (Å²) in [7, 11) is 1.56. The third-order valence-corrected chi connectivity index (χ3v) is 5.35. The number of rotatable bonds is 10. The van der Waals surface area contributed by atoms with Gasteiger partial charge in [0.1, 0.15) is 17.3 Å². The molecular formula is C25H28FNO5. The van der Waals surface area contributed by atoms with Crippen LogP contribution in [0.4, 0.5) is 4.39 Å². The number of aliphatic hydroxyl groups excluding tert-OH is 1. The van der Waals surface area contributed by atoms with Gasteiger partial charge in [-0.1, -0.05) is 37.6 Å². The Hall–Kier alpha value is -3.19. The fraction of sp³-hybridized carbons (Fsp3) is 0.360. The summed E-state index contributed by atoms with van der Waals surface area (Å²) in [5.41, 5.74) is 0.894. The lowest BCUT2D eigenvalue weighted by atomic mass is 9.95. The molecule has 7 heteroatoms. The van der Waals surface area contributed by atoms with E-state index < -0.39 is 23.5 Å². The van der Waals surface area contributed by atoms with E-state index in [-0.39, 0.29) is 17.9 Å². The van der Waals surface area contributed by atoms with Crippen LogP contribution in [0.15, 0.2) is 54.1 Å². The first-order valence-electron chi connectivity index (χ1n) is 10.7. The minimum Gasteiger partial charge on any atom is -0.507 e. The second-order valence-electron chi connectivity index (χ2n) is 7.62. The molecule has 1 saturated heterocycles. The van der Waals surface area contributed by atoms with Crippen LogP contribution in [0.5, 0.6) is 5.75 Å². The average Bonchev–Trinajstić information content (AvgIpc) is 3.05. The van der Waals surface area contributed by atoms with E-state index >= 15 is 0 Å². The Morgan fingerprint density at radius 1 is 1.09 bits per heavy atom. The molecule has 1 atom stereocenters. The van der Waals surface area contributed by atoms with E-state index in [0.29, 0.717) is 36.5 Å². The Labute approximate surface area is 187 Å². The molecule has 1 aliphatic heterocycles. The van der Waals surface area contributed by atoms with Crippen LogP contribution in [-0.2, 0) is 14.3 Å². The van der Waals surface area contributed by atoms with Gasteiger partial charge in [0.15, 0.2) is 0 Å². The molecule has 6 nitrogen and oxygen atoms in total. The quantitative estimate of drug-likeness (QED) is 0.255. The number of ketones is 1. The van der Waals surface area contributed by atoms with Gasteiger partial charge in [0.25, 0.3) is 11.7 Å². The number of methoxy groups -OCH3 is 1. The van der Waals surface area contributed by atoms with Crippen molar-refractivity contribution in [2.24, 2.45) is 0 Å². The van der Waals surface area contributed by atoms with Crippen molar-refractivity contribution >= 4 is 17.4 Å². The second-order valence-corrected chi connectivity index (χ2v) is 7.62. The Balaban J connectivity index is 2.03. The van der Waals surface area contributed by atoms with Crippen molar-refractivity contribution in [3.8, 4) is 5.75 Å². The molecule has 0 saturated carbocycles. The van der Waals surface area contributed by atoms with Crippen LogP contribution in [0.3, 0.4) is 0 Å². The van der Waals surface area contributed by atoms with Crippen molar-refractivity contribution in [2.75, 3.05) is 26.9 Å². The van der Waals surface area contributed by atoms with Gasteiger partial charge in [-0.2, -0.15) is 0 Å². The zero-order chi connectivity index (χ0) is 23.1. The number of benzene rings is 2. The molecule has 0 aromatic heterocycles. The van der Waals surface area contributed by atoms with Crippen LogP contribution in [-0.4, -0.2) is 48.6 Å². The van der Waals surface area contributed by atoms with E-state index in [4.69, 9.17) is 9.47 Å². The highest BCUT2D eigenvalue weighted by molar-refractivity contribution is 6.46. The third kappa shape index (κ3) is 5.16. The normalized spacial score (nSPS) is 17.7. The maximum Gasteiger partial charge on any atom is 0.295 e. The summed E-state index contributed by atoms with van der Waals surface area (Å²) in [6, 6.07) is 11.6. The van der Waals surface area contributed by atoms with E-state index in [1.165, 1.54) is 29.2 Å². The molecule has 1 aliphatic rings. The predicted molar refractivity (Wildman–Crippen MR) is 119 cm³/mol. The number of hydrogen-bond donors (Lipinski definition) is 1. The lowest BCUT2D eigenvalue weighted by molar-refractivity contribution is -0.140. The zero-order valence-electron chi connectivity index (χ0n) is 18.3. The standard InChI is InChI=1S/C25H28FNO5/c1-3-4-15-32-20-8-5-7-18(16-20)23(28)21-22(17-9-11-19(26)12-10-17)27(13-6-14-31-2)25(30)24(21)29/h5,7-12,16,22,28H,3-4,6,13-15H2,1-2H3. The SMILES string of the molecule is CCCCOc1cccc(C(O)=C2C(=O)C(=O)N(CCCOC)C2c2ccc(F)cc2)c1. The summed E-state index contributed by atoms with van der Waals surface area (Å²) in [4.78, 5) is 27.2.